The van der Waals surface area contributed by atoms with Gasteiger partial charge in [0.15, 0.2) is 0 Å². The molecule has 0 radical (unpaired) electrons. The van der Waals surface area contributed by atoms with Gasteiger partial charge in [-0.2, -0.15) is 0 Å². The molecule has 1 atom stereocenters. The average molecular weight is 259 g/mol. The van der Waals surface area contributed by atoms with Crippen molar-refractivity contribution >= 4 is 5.91 Å². The first-order valence-electron chi connectivity index (χ1n) is 5.92. The van der Waals surface area contributed by atoms with E-state index in [1.807, 2.05) is 0 Å². The van der Waals surface area contributed by atoms with Crippen molar-refractivity contribution < 1.29 is 14.3 Å². The molecule has 0 aliphatic heterocycles. The van der Waals surface area contributed by atoms with Crippen LogP contribution in [0, 0.1) is 5.82 Å². The Bertz CT molecular complexity index is 581. The maximum absolute atomic E-state index is 13.6. The molecular weight excluding hydrogens is 245 g/mol. The fourth-order valence-electron chi connectivity index (χ4n) is 1.80. The molecule has 0 aliphatic rings. The van der Waals surface area contributed by atoms with Crippen LogP contribution in [0.2, 0.25) is 0 Å². The van der Waals surface area contributed by atoms with Gasteiger partial charge in [-0.3, -0.25) is 4.79 Å². The summed E-state index contributed by atoms with van der Waals surface area (Å²) in [6.07, 6.45) is 0. The van der Waals surface area contributed by atoms with Gasteiger partial charge >= 0.3 is 0 Å². The van der Waals surface area contributed by atoms with Crippen molar-refractivity contribution in [2.24, 2.45) is 0 Å². The zero-order chi connectivity index (χ0) is 13.8. The van der Waals surface area contributed by atoms with E-state index in [-0.39, 0.29) is 17.5 Å². The van der Waals surface area contributed by atoms with E-state index >= 15 is 0 Å². The first kappa shape index (κ1) is 13.1. The van der Waals surface area contributed by atoms with Gasteiger partial charge < -0.3 is 10.4 Å². The van der Waals surface area contributed by atoms with E-state index in [2.05, 4.69) is 5.32 Å². The number of phenolic OH excluding ortho intramolecular Hbond substituents is 1. The summed E-state index contributed by atoms with van der Waals surface area (Å²) in [6.45, 7) is 1.72. The van der Waals surface area contributed by atoms with Crippen LogP contribution in [0.3, 0.4) is 0 Å². The lowest BCUT2D eigenvalue weighted by molar-refractivity contribution is 0.0939. The SMILES string of the molecule is CC(NC(=O)c1ccc(O)cc1)c1ccccc1F. The molecule has 2 N–H and O–H groups in total. The molecule has 2 rings (SSSR count). The number of phenols is 1. The number of benzene rings is 2. The van der Waals surface area contributed by atoms with Crippen molar-refractivity contribution in [3.8, 4) is 5.75 Å². The van der Waals surface area contributed by atoms with Crippen LogP contribution in [0.4, 0.5) is 4.39 Å². The standard InChI is InChI=1S/C15H14FNO2/c1-10(13-4-2-3-5-14(13)16)17-15(19)11-6-8-12(18)9-7-11/h2-10,18H,1H3,(H,17,19). The summed E-state index contributed by atoms with van der Waals surface area (Å²) >= 11 is 0. The summed E-state index contributed by atoms with van der Waals surface area (Å²) in [5.41, 5.74) is 0.857. The van der Waals surface area contributed by atoms with Gasteiger partial charge in [0, 0.05) is 11.1 Å². The molecule has 0 saturated heterocycles. The van der Waals surface area contributed by atoms with E-state index in [9.17, 15) is 9.18 Å². The van der Waals surface area contributed by atoms with Crippen molar-refractivity contribution in [3.05, 3.63) is 65.5 Å². The number of hydrogen-bond acceptors (Lipinski definition) is 2. The van der Waals surface area contributed by atoms with Crippen LogP contribution >= 0.6 is 0 Å². The number of nitrogens with one attached hydrogen (secondary N) is 1. The molecule has 0 aliphatic carbocycles. The van der Waals surface area contributed by atoms with E-state index in [0.29, 0.717) is 11.1 Å². The van der Waals surface area contributed by atoms with E-state index in [4.69, 9.17) is 5.11 Å². The van der Waals surface area contributed by atoms with Crippen LogP contribution in [0.5, 0.6) is 5.75 Å². The van der Waals surface area contributed by atoms with Gasteiger partial charge in [-0.25, -0.2) is 4.39 Å². The number of carbonyl (C=O) groups excluding carboxylic acids is 1. The van der Waals surface area contributed by atoms with Gasteiger partial charge in [0.05, 0.1) is 6.04 Å². The molecule has 0 fully saturated rings. The second-order valence-electron chi connectivity index (χ2n) is 4.26. The molecule has 2 aromatic carbocycles. The molecule has 19 heavy (non-hydrogen) atoms. The summed E-state index contributed by atoms with van der Waals surface area (Å²) in [4.78, 5) is 11.9. The van der Waals surface area contributed by atoms with Crippen molar-refractivity contribution in [1.29, 1.82) is 0 Å². The van der Waals surface area contributed by atoms with E-state index in [1.54, 1.807) is 25.1 Å². The van der Waals surface area contributed by atoms with Crippen LogP contribution < -0.4 is 5.32 Å². The number of aromatic hydroxyl groups is 1. The summed E-state index contributed by atoms with van der Waals surface area (Å²) < 4.78 is 13.6. The van der Waals surface area contributed by atoms with Crippen LogP contribution in [0.1, 0.15) is 28.9 Å². The zero-order valence-electron chi connectivity index (χ0n) is 10.4. The van der Waals surface area contributed by atoms with Crippen molar-refractivity contribution in [2.45, 2.75) is 13.0 Å². The van der Waals surface area contributed by atoms with Gasteiger partial charge in [0.1, 0.15) is 11.6 Å². The summed E-state index contributed by atoms with van der Waals surface area (Å²) in [5, 5.41) is 11.9. The van der Waals surface area contributed by atoms with Crippen LogP contribution in [-0.4, -0.2) is 11.0 Å². The quantitative estimate of drug-likeness (QED) is 0.890. The number of hydrogen-bond donors (Lipinski definition) is 2. The lowest BCUT2D eigenvalue weighted by Crippen LogP contribution is -2.27. The van der Waals surface area contributed by atoms with Crippen molar-refractivity contribution in [3.63, 3.8) is 0 Å². The molecule has 0 spiro atoms. The minimum Gasteiger partial charge on any atom is -0.508 e. The lowest BCUT2D eigenvalue weighted by Gasteiger charge is -2.15. The van der Waals surface area contributed by atoms with Gasteiger partial charge in [0.2, 0.25) is 0 Å². The van der Waals surface area contributed by atoms with Gasteiger partial charge in [-0.1, -0.05) is 18.2 Å². The van der Waals surface area contributed by atoms with Crippen molar-refractivity contribution in [2.75, 3.05) is 0 Å². The molecule has 3 nitrogen and oxygen atoms in total. The minimum absolute atomic E-state index is 0.0960. The first-order chi connectivity index (χ1) is 9.08. The highest BCUT2D eigenvalue weighted by Crippen LogP contribution is 2.17. The maximum Gasteiger partial charge on any atom is 0.251 e. The lowest BCUT2D eigenvalue weighted by atomic mass is 10.1. The first-order valence-corrected chi connectivity index (χ1v) is 5.92. The third-order valence-electron chi connectivity index (χ3n) is 2.85. The highest BCUT2D eigenvalue weighted by molar-refractivity contribution is 5.94. The fourth-order valence-corrected chi connectivity index (χ4v) is 1.80. The van der Waals surface area contributed by atoms with E-state index < -0.39 is 6.04 Å². The molecule has 2 aromatic rings. The third kappa shape index (κ3) is 3.10. The van der Waals surface area contributed by atoms with Crippen LogP contribution in [0.15, 0.2) is 48.5 Å². The largest absolute Gasteiger partial charge is 0.508 e. The Kier molecular flexibility index (Phi) is 3.80. The van der Waals surface area contributed by atoms with Gasteiger partial charge in [-0.05, 0) is 37.3 Å². The molecule has 0 aromatic heterocycles. The van der Waals surface area contributed by atoms with Crippen molar-refractivity contribution in [1.82, 2.24) is 5.32 Å². The maximum atomic E-state index is 13.6. The number of rotatable bonds is 3. The summed E-state index contributed by atoms with van der Waals surface area (Å²) in [5.74, 6) is -0.560. The predicted molar refractivity (Wildman–Crippen MR) is 70.4 cm³/mol. The molecule has 98 valence electrons. The minimum atomic E-state index is -0.428. The molecule has 0 heterocycles. The highest BCUT2D eigenvalue weighted by atomic mass is 19.1. The topological polar surface area (TPSA) is 49.3 Å². The van der Waals surface area contributed by atoms with E-state index in [0.717, 1.165) is 0 Å². The Labute approximate surface area is 110 Å². The Morgan fingerprint density at radius 3 is 2.42 bits per heavy atom. The monoisotopic (exact) mass is 259 g/mol. The highest BCUT2D eigenvalue weighted by Gasteiger charge is 2.14. The Hall–Kier alpha value is -2.36. The number of carbonyl (C=O) groups is 1. The molecule has 4 heteroatoms. The number of halogens is 1. The summed E-state index contributed by atoms with van der Waals surface area (Å²) in [6, 6.07) is 11.8. The van der Waals surface area contributed by atoms with Crippen LogP contribution in [0.25, 0.3) is 0 Å². The smallest absolute Gasteiger partial charge is 0.251 e. The fraction of sp³-hybridized carbons (Fsp3) is 0.133. The Morgan fingerprint density at radius 1 is 1.16 bits per heavy atom. The van der Waals surface area contributed by atoms with E-state index in [1.165, 1.54) is 30.3 Å². The number of amides is 1. The van der Waals surface area contributed by atoms with Gasteiger partial charge in [-0.15, -0.1) is 0 Å². The average Bonchev–Trinajstić information content (AvgIpc) is 2.39. The normalized spacial score (nSPS) is 11.9. The zero-order valence-corrected chi connectivity index (χ0v) is 10.4. The molecule has 0 saturated carbocycles. The second-order valence-corrected chi connectivity index (χ2v) is 4.26. The molecular formula is C15H14FNO2. The Balaban J connectivity index is 2.11. The van der Waals surface area contributed by atoms with Gasteiger partial charge in [0.25, 0.3) is 5.91 Å². The summed E-state index contributed by atoms with van der Waals surface area (Å²) in [7, 11) is 0. The molecule has 1 amide bonds. The van der Waals surface area contributed by atoms with Crippen LogP contribution in [-0.2, 0) is 0 Å². The second kappa shape index (κ2) is 5.52. The predicted octanol–water partition coefficient (Wildman–Crippen LogP) is 3.02. The molecule has 0 bridgehead atoms. The molecule has 1 unspecified atom stereocenters. The Morgan fingerprint density at radius 2 is 1.79 bits per heavy atom. The third-order valence-corrected chi connectivity index (χ3v) is 2.85.